The van der Waals surface area contributed by atoms with Crippen LogP contribution in [0.2, 0.25) is 0 Å². The van der Waals surface area contributed by atoms with Crippen molar-refractivity contribution in [3.05, 3.63) is 29.8 Å². The van der Waals surface area contributed by atoms with E-state index >= 15 is 0 Å². The fourth-order valence-electron chi connectivity index (χ4n) is 2.69. The molecule has 23 heavy (non-hydrogen) atoms. The molecule has 1 aromatic carbocycles. The Kier molecular flexibility index (Phi) is 4.41. The van der Waals surface area contributed by atoms with Gasteiger partial charge in [-0.2, -0.15) is 13.2 Å². The molecule has 0 saturated carbocycles. The van der Waals surface area contributed by atoms with Crippen LogP contribution < -0.4 is 10.6 Å². The molecule has 126 valence electrons. The average molecular weight is 328 g/mol. The number of hydrogen-bond donors (Lipinski definition) is 2. The zero-order valence-electron chi connectivity index (χ0n) is 13.1. The van der Waals surface area contributed by atoms with Crippen LogP contribution in [0.15, 0.2) is 24.3 Å². The summed E-state index contributed by atoms with van der Waals surface area (Å²) in [5, 5.41) is 5.20. The van der Waals surface area contributed by atoms with Gasteiger partial charge in [0.05, 0.1) is 5.56 Å². The number of nitrogens with one attached hydrogen (secondary N) is 2. The highest BCUT2D eigenvalue weighted by atomic mass is 19.4. The van der Waals surface area contributed by atoms with E-state index < -0.39 is 23.6 Å². The van der Waals surface area contributed by atoms with E-state index in [1.54, 1.807) is 0 Å². The van der Waals surface area contributed by atoms with Crippen LogP contribution in [-0.4, -0.2) is 18.4 Å². The van der Waals surface area contributed by atoms with Gasteiger partial charge >= 0.3 is 6.18 Å². The van der Waals surface area contributed by atoms with Crippen molar-refractivity contribution < 1.29 is 22.8 Å². The first-order valence-electron chi connectivity index (χ1n) is 7.26. The maximum atomic E-state index is 12.5. The second kappa shape index (κ2) is 5.86. The first-order valence-corrected chi connectivity index (χ1v) is 7.26. The van der Waals surface area contributed by atoms with E-state index in [4.69, 9.17) is 0 Å². The van der Waals surface area contributed by atoms with Crippen LogP contribution in [0.5, 0.6) is 0 Å². The first kappa shape index (κ1) is 17.3. The van der Waals surface area contributed by atoms with E-state index in [2.05, 4.69) is 10.6 Å². The first-order chi connectivity index (χ1) is 10.5. The van der Waals surface area contributed by atoms with Crippen molar-refractivity contribution in [3.8, 4) is 0 Å². The van der Waals surface area contributed by atoms with Crippen LogP contribution in [0.1, 0.15) is 26.3 Å². The van der Waals surface area contributed by atoms with Crippen molar-refractivity contribution in [1.82, 2.24) is 5.32 Å². The maximum absolute atomic E-state index is 12.5. The largest absolute Gasteiger partial charge is 0.416 e. The number of anilines is 1. The number of rotatable bonds is 2. The Labute approximate surface area is 132 Å². The van der Waals surface area contributed by atoms with Crippen molar-refractivity contribution in [3.63, 3.8) is 0 Å². The Bertz CT molecular complexity index is 603. The third-order valence-electron chi connectivity index (χ3n) is 4.06. The molecule has 2 amide bonds. The van der Waals surface area contributed by atoms with Gasteiger partial charge in [0.25, 0.3) is 0 Å². The smallest absolute Gasteiger partial charge is 0.355 e. The molecule has 2 atom stereocenters. The Balaban J connectivity index is 2.13. The molecule has 2 N–H and O–H groups in total. The summed E-state index contributed by atoms with van der Waals surface area (Å²) in [7, 11) is 0. The van der Waals surface area contributed by atoms with Crippen molar-refractivity contribution >= 4 is 17.5 Å². The molecule has 1 aromatic rings. The van der Waals surface area contributed by atoms with Gasteiger partial charge in [-0.15, -0.1) is 0 Å². The lowest BCUT2D eigenvalue weighted by molar-refractivity contribution is -0.137. The van der Waals surface area contributed by atoms with E-state index in [0.29, 0.717) is 6.54 Å². The second-order valence-corrected chi connectivity index (χ2v) is 6.76. The van der Waals surface area contributed by atoms with Crippen molar-refractivity contribution in [2.45, 2.75) is 26.9 Å². The monoisotopic (exact) mass is 328 g/mol. The Hall–Kier alpha value is -2.05. The normalized spacial score (nSPS) is 21.9. The third-order valence-corrected chi connectivity index (χ3v) is 4.06. The number of carbonyl (C=O) groups is 2. The summed E-state index contributed by atoms with van der Waals surface area (Å²) >= 11 is 0. The van der Waals surface area contributed by atoms with Gasteiger partial charge < -0.3 is 10.6 Å². The van der Waals surface area contributed by atoms with Crippen molar-refractivity contribution in [1.29, 1.82) is 0 Å². The lowest BCUT2D eigenvalue weighted by Crippen LogP contribution is -2.37. The van der Waals surface area contributed by atoms with Crippen LogP contribution in [0, 0.1) is 17.3 Å². The minimum Gasteiger partial charge on any atom is -0.355 e. The van der Waals surface area contributed by atoms with E-state index in [1.807, 2.05) is 20.8 Å². The summed E-state index contributed by atoms with van der Waals surface area (Å²) in [6, 6.07) is 4.15. The highest BCUT2D eigenvalue weighted by Gasteiger charge is 2.45. The lowest BCUT2D eigenvalue weighted by Gasteiger charge is -2.29. The second-order valence-electron chi connectivity index (χ2n) is 6.76. The molecule has 0 spiro atoms. The van der Waals surface area contributed by atoms with Crippen LogP contribution in [0.25, 0.3) is 0 Å². The van der Waals surface area contributed by atoms with Crippen LogP contribution in [0.3, 0.4) is 0 Å². The van der Waals surface area contributed by atoms with Crippen LogP contribution in [0.4, 0.5) is 18.9 Å². The molecule has 0 unspecified atom stereocenters. The third kappa shape index (κ3) is 3.83. The van der Waals surface area contributed by atoms with Gasteiger partial charge in [-0.3, -0.25) is 9.59 Å². The van der Waals surface area contributed by atoms with Gasteiger partial charge in [-0.1, -0.05) is 20.8 Å². The summed E-state index contributed by atoms with van der Waals surface area (Å²) in [5.41, 5.74) is -0.807. The number of alkyl halides is 3. The minimum absolute atomic E-state index is 0.176. The Morgan fingerprint density at radius 3 is 2.22 bits per heavy atom. The Morgan fingerprint density at radius 2 is 1.74 bits per heavy atom. The molecular weight excluding hydrogens is 309 g/mol. The summed E-state index contributed by atoms with van der Waals surface area (Å²) in [6.07, 6.45) is -4.43. The summed E-state index contributed by atoms with van der Waals surface area (Å²) in [4.78, 5) is 24.3. The van der Waals surface area contributed by atoms with Crippen molar-refractivity contribution in [2.75, 3.05) is 11.9 Å². The number of halogens is 3. The highest BCUT2D eigenvalue weighted by Crippen LogP contribution is 2.36. The quantitative estimate of drug-likeness (QED) is 0.820. The number of carbonyl (C=O) groups excluding carboxylic acids is 2. The van der Waals surface area contributed by atoms with Gasteiger partial charge in [-0.25, -0.2) is 0 Å². The molecule has 0 radical (unpaired) electrons. The van der Waals surface area contributed by atoms with Crippen LogP contribution in [-0.2, 0) is 15.8 Å². The molecule has 1 fully saturated rings. The van der Waals surface area contributed by atoms with E-state index in [1.165, 1.54) is 12.1 Å². The molecule has 1 saturated heterocycles. The molecule has 4 nitrogen and oxygen atoms in total. The van der Waals surface area contributed by atoms with Gasteiger partial charge in [-0.05, 0) is 29.7 Å². The summed E-state index contributed by atoms with van der Waals surface area (Å²) in [6.45, 7) is 6.23. The molecular formula is C16H19F3N2O2. The van der Waals surface area contributed by atoms with Crippen molar-refractivity contribution in [2.24, 2.45) is 17.3 Å². The van der Waals surface area contributed by atoms with E-state index in [9.17, 15) is 22.8 Å². The fourth-order valence-corrected chi connectivity index (χ4v) is 2.69. The summed E-state index contributed by atoms with van der Waals surface area (Å²) < 4.78 is 37.6. The zero-order valence-corrected chi connectivity index (χ0v) is 13.1. The molecule has 1 heterocycles. The average Bonchev–Trinajstić information content (AvgIpc) is 2.80. The topological polar surface area (TPSA) is 58.2 Å². The number of hydrogen-bond acceptors (Lipinski definition) is 2. The zero-order chi connectivity index (χ0) is 17.4. The van der Waals surface area contributed by atoms with Gasteiger partial charge in [0.15, 0.2) is 0 Å². The predicted octanol–water partition coefficient (Wildman–Crippen LogP) is 3.05. The molecule has 0 aliphatic carbocycles. The molecule has 1 aliphatic heterocycles. The van der Waals surface area contributed by atoms with Gasteiger partial charge in [0.2, 0.25) is 11.8 Å². The van der Waals surface area contributed by atoms with Gasteiger partial charge in [0, 0.05) is 18.2 Å². The van der Waals surface area contributed by atoms with E-state index in [-0.39, 0.29) is 22.9 Å². The lowest BCUT2D eigenvalue weighted by atomic mass is 9.74. The standard InChI is InChI=1S/C16H19F3N2O2/c1-15(2,3)11-8-20-13(22)12(11)14(23)21-10-6-4-9(5-7-10)16(17,18)19/h4-7,11-12H,8H2,1-3H3,(H,20,22)(H,21,23)/t11-,12-/m1/s1. The molecule has 7 heteroatoms. The summed E-state index contributed by atoms with van der Waals surface area (Å²) in [5.74, 6) is -1.88. The molecule has 0 aromatic heterocycles. The molecule has 2 rings (SSSR count). The highest BCUT2D eigenvalue weighted by molar-refractivity contribution is 6.07. The SMILES string of the molecule is CC(C)(C)[C@@H]1CNC(=O)[C@@H]1C(=O)Nc1ccc(C(F)(F)F)cc1. The minimum atomic E-state index is -4.43. The van der Waals surface area contributed by atoms with Gasteiger partial charge in [0.1, 0.15) is 5.92 Å². The fraction of sp³-hybridized carbons (Fsp3) is 0.500. The van der Waals surface area contributed by atoms with E-state index in [0.717, 1.165) is 12.1 Å². The van der Waals surface area contributed by atoms with Crippen LogP contribution >= 0.6 is 0 Å². The predicted molar refractivity (Wildman–Crippen MR) is 79.5 cm³/mol. The molecule has 1 aliphatic rings. The molecule has 0 bridgehead atoms. The maximum Gasteiger partial charge on any atom is 0.416 e. The Morgan fingerprint density at radius 1 is 1.17 bits per heavy atom. The number of benzene rings is 1. The number of amides is 2.